The van der Waals surface area contributed by atoms with Gasteiger partial charge in [0.2, 0.25) is 0 Å². The first-order valence-electron chi connectivity index (χ1n) is 26.7. The van der Waals surface area contributed by atoms with Gasteiger partial charge in [0.15, 0.2) is 5.84 Å². The van der Waals surface area contributed by atoms with Crippen molar-refractivity contribution < 1.29 is 8.83 Å². The van der Waals surface area contributed by atoms with Crippen LogP contribution in [0.25, 0.3) is 104 Å². The predicted octanol–water partition coefficient (Wildman–Crippen LogP) is 17.6. The summed E-state index contributed by atoms with van der Waals surface area (Å²) < 4.78 is 18.5. The van der Waals surface area contributed by atoms with E-state index in [1.54, 1.807) is 0 Å². The molecular formula is C71H49N5O2. The minimum atomic E-state index is -0.922. The quantitative estimate of drug-likeness (QED) is 0.173. The molecule has 7 nitrogen and oxygen atoms in total. The van der Waals surface area contributed by atoms with Crippen molar-refractivity contribution in [3.63, 3.8) is 0 Å². The summed E-state index contributed by atoms with van der Waals surface area (Å²) in [6, 6.07) is 81.7. The summed E-state index contributed by atoms with van der Waals surface area (Å²) in [5.74, 6) is 1.29. The van der Waals surface area contributed by atoms with Crippen molar-refractivity contribution in [2.24, 2.45) is 15.4 Å². The van der Waals surface area contributed by atoms with Gasteiger partial charge < -0.3 is 23.3 Å². The number of fused-ring (bicyclic) bond motifs is 12. The van der Waals surface area contributed by atoms with Crippen LogP contribution in [-0.2, 0) is 0 Å². The summed E-state index contributed by atoms with van der Waals surface area (Å²) >= 11 is 0. The van der Waals surface area contributed by atoms with Gasteiger partial charge in [0.25, 0.3) is 0 Å². The van der Waals surface area contributed by atoms with Crippen LogP contribution >= 0.6 is 0 Å². The van der Waals surface area contributed by atoms with Gasteiger partial charge in [-0.15, -0.1) is 0 Å². The summed E-state index contributed by atoms with van der Waals surface area (Å²) in [5.41, 5.74) is 13.7. The molecule has 14 aromatic rings. The second kappa shape index (κ2) is 16.8. The molecule has 2 aliphatic rings. The van der Waals surface area contributed by atoms with E-state index in [0.717, 1.165) is 99.9 Å². The van der Waals surface area contributed by atoms with E-state index >= 15 is 0 Å². The molecule has 0 bridgehead atoms. The lowest BCUT2D eigenvalue weighted by Crippen LogP contribution is -2.59. The van der Waals surface area contributed by atoms with Crippen LogP contribution in [0.1, 0.15) is 42.0 Å². The van der Waals surface area contributed by atoms with Crippen LogP contribution in [-0.4, -0.2) is 26.5 Å². The Morgan fingerprint density at radius 2 is 0.923 bits per heavy atom. The maximum atomic E-state index is 6.97. The summed E-state index contributed by atoms with van der Waals surface area (Å²) in [4.78, 5) is 10.9. The molecule has 0 fully saturated rings. The number of rotatable bonds is 7. The van der Waals surface area contributed by atoms with Crippen LogP contribution in [0.15, 0.2) is 268 Å². The highest BCUT2D eigenvalue weighted by molar-refractivity contribution is 6.19. The van der Waals surface area contributed by atoms with E-state index in [0.29, 0.717) is 5.84 Å². The maximum absolute atomic E-state index is 6.97. The molecule has 0 amide bonds. The SMILES string of the molecule is CC1(C2(C)C=C(c3ccc4c(c3)oc3cc5c(cc34)c3ccccc3n5-c3ccccc3)C=CC2c2ccc3c(c2)oc2cc4c(cc23)c2ccccc2n4-c2ccccc2)N=C(c2ccccc2)N=C(c2ccccc2)N1. The third-order valence-corrected chi connectivity index (χ3v) is 16.9. The Balaban J connectivity index is 0.858. The molecule has 0 saturated heterocycles. The Bertz CT molecular complexity index is 4900. The second-order valence-corrected chi connectivity index (χ2v) is 21.3. The number of amidine groups is 2. The summed E-state index contributed by atoms with van der Waals surface area (Å²) in [6.07, 6.45) is 7.08. The lowest BCUT2D eigenvalue weighted by molar-refractivity contribution is 0.181. The smallest absolute Gasteiger partial charge is 0.159 e. The van der Waals surface area contributed by atoms with Crippen molar-refractivity contribution in [3.05, 3.63) is 271 Å². The van der Waals surface area contributed by atoms with E-state index in [-0.39, 0.29) is 5.92 Å². The number of aromatic nitrogens is 2. The molecule has 10 aromatic carbocycles. The zero-order chi connectivity index (χ0) is 51.7. The molecule has 4 aromatic heterocycles. The average molecular weight is 1000 g/mol. The zero-order valence-electron chi connectivity index (χ0n) is 42.9. The minimum absolute atomic E-state index is 0.162. The van der Waals surface area contributed by atoms with E-state index in [2.05, 4.69) is 265 Å². The fourth-order valence-electron chi connectivity index (χ4n) is 12.9. The van der Waals surface area contributed by atoms with E-state index in [9.17, 15) is 0 Å². The first kappa shape index (κ1) is 44.3. The summed E-state index contributed by atoms with van der Waals surface area (Å²) in [7, 11) is 0. The lowest BCUT2D eigenvalue weighted by atomic mass is 9.62. The maximum Gasteiger partial charge on any atom is 0.159 e. The number of hydrogen-bond donors (Lipinski definition) is 1. The molecule has 0 saturated carbocycles. The molecule has 3 unspecified atom stereocenters. The highest BCUT2D eigenvalue weighted by atomic mass is 16.3. The van der Waals surface area contributed by atoms with E-state index in [1.807, 2.05) is 12.1 Å². The van der Waals surface area contributed by atoms with Crippen LogP contribution in [0.4, 0.5) is 0 Å². The highest BCUT2D eigenvalue weighted by Crippen LogP contribution is 2.53. The largest absolute Gasteiger partial charge is 0.456 e. The Kier molecular flexibility index (Phi) is 9.52. The Labute approximate surface area is 449 Å². The molecule has 3 atom stereocenters. The number of hydrogen-bond acceptors (Lipinski definition) is 5. The zero-order valence-corrected chi connectivity index (χ0v) is 42.9. The molecule has 1 aliphatic carbocycles. The molecule has 370 valence electrons. The van der Waals surface area contributed by atoms with Crippen LogP contribution in [0.5, 0.6) is 0 Å². The average Bonchev–Trinajstić information content (AvgIpc) is 4.00. The number of benzene rings is 10. The van der Waals surface area contributed by atoms with E-state index in [1.165, 1.54) is 32.6 Å². The third-order valence-electron chi connectivity index (χ3n) is 16.9. The number of allylic oxidation sites excluding steroid dienone is 3. The molecular weight excluding hydrogens is 955 g/mol. The van der Waals surface area contributed by atoms with E-state index in [4.69, 9.17) is 18.8 Å². The molecule has 7 heteroatoms. The molecule has 16 rings (SSSR count). The summed E-state index contributed by atoms with van der Waals surface area (Å²) in [5, 5.41) is 13.1. The highest BCUT2D eigenvalue weighted by Gasteiger charge is 2.52. The van der Waals surface area contributed by atoms with Gasteiger partial charge in [-0.3, -0.25) is 0 Å². The van der Waals surface area contributed by atoms with Crippen molar-refractivity contribution in [1.29, 1.82) is 0 Å². The lowest BCUT2D eigenvalue weighted by Gasteiger charge is -2.50. The fourth-order valence-corrected chi connectivity index (χ4v) is 12.9. The Hall–Kier alpha value is -9.98. The standard InChI is InChI=1S/C71H49N5O2/c1-70(71(2)73-68(44-19-7-3-8-20-44)72-69(74-71)45-21-9-4-10-22-45)43-48(46-31-34-53-57-39-55-51-27-15-17-29-60(51)75(49-23-11-5-12-24-49)62(55)41-66(57)77-64(53)37-46)33-36-59(70)47-32-35-54-58-40-56-52-28-16-18-30-61(52)76(50-25-13-6-14-26-50)63(56)42-67(58)78-65(54)38-47/h3-43,59H,1-2H3,(H,72,73,74). The number of furan rings is 2. The van der Waals surface area contributed by atoms with Gasteiger partial charge in [0.1, 0.15) is 33.8 Å². The van der Waals surface area contributed by atoms with Gasteiger partial charge in [0, 0.05) is 89.1 Å². The first-order chi connectivity index (χ1) is 38.4. The molecule has 0 spiro atoms. The van der Waals surface area contributed by atoms with Gasteiger partial charge in [-0.2, -0.15) is 0 Å². The van der Waals surface area contributed by atoms with Crippen molar-refractivity contribution in [2.45, 2.75) is 25.4 Å². The van der Waals surface area contributed by atoms with Crippen molar-refractivity contribution in [2.75, 3.05) is 0 Å². The van der Waals surface area contributed by atoms with Crippen molar-refractivity contribution in [1.82, 2.24) is 14.5 Å². The molecule has 1 aliphatic heterocycles. The van der Waals surface area contributed by atoms with Gasteiger partial charge >= 0.3 is 0 Å². The predicted molar refractivity (Wildman–Crippen MR) is 322 cm³/mol. The van der Waals surface area contributed by atoms with Crippen LogP contribution < -0.4 is 5.32 Å². The number of nitrogens with one attached hydrogen (secondary N) is 1. The van der Waals surface area contributed by atoms with Crippen LogP contribution in [0.2, 0.25) is 0 Å². The monoisotopic (exact) mass is 1000 g/mol. The molecule has 0 radical (unpaired) electrons. The van der Waals surface area contributed by atoms with Gasteiger partial charge in [-0.25, -0.2) is 9.98 Å². The number of para-hydroxylation sites is 4. The number of aliphatic imine (C=N–C) groups is 2. The normalized spacial score (nSPS) is 18.6. The van der Waals surface area contributed by atoms with Gasteiger partial charge in [0.05, 0.1) is 22.1 Å². The Morgan fingerprint density at radius 3 is 1.51 bits per heavy atom. The van der Waals surface area contributed by atoms with Gasteiger partial charge in [-0.1, -0.05) is 177 Å². The summed E-state index contributed by atoms with van der Waals surface area (Å²) in [6.45, 7) is 4.57. The second-order valence-electron chi connectivity index (χ2n) is 21.3. The van der Waals surface area contributed by atoms with Crippen LogP contribution in [0, 0.1) is 5.41 Å². The van der Waals surface area contributed by atoms with Crippen LogP contribution in [0.3, 0.4) is 0 Å². The van der Waals surface area contributed by atoms with E-state index < -0.39 is 11.1 Å². The van der Waals surface area contributed by atoms with Crippen molar-refractivity contribution in [3.8, 4) is 11.4 Å². The third kappa shape index (κ3) is 6.64. The Morgan fingerprint density at radius 1 is 0.423 bits per heavy atom. The molecule has 1 N–H and O–H groups in total. The minimum Gasteiger partial charge on any atom is -0.456 e. The number of nitrogens with zero attached hydrogens (tertiary/aromatic N) is 4. The molecule has 78 heavy (non-hydrogen) atoms. The van der Waals surface area contributed by atoms with Gasteiger partial charge in [-0.05, 0) is 90.4 Å². The molecule has 5 heterocycles. The topological polar surface area (TPSA) is 72.9 Å². The fraction of sp³-hybridized carbons (Fsp3) is 0.0704. The van der Waals surface area contributed by atoms with Crippen molar-refractivity contribution >= 4 is 105 Å². The first-order valence-corrected chi connectivity index (χ1v) is 26.7.